The van der Waals surface area contributed by atoms with Crippen LogP contribution in [-0.4, -0.2) is 56.2 Å². The fourth-order valence-electron chi connectivity index (χ4n) is 4.65. The van der Waals surface area contributed by atoms with Crippen LogP contribution in [0.15, 0.2) is 72.3 Å². The molecule has 1 unspecified atom stereocenters. The van der Waals surface area contributed by atoms with Crippen molar-refractivity contribution in [2.75, 3.05) is 39.4 Å². The number of hydrogen-bond acceptors (Lipinski definition) is 7. The molecule has 0 radical (unpaired) electrons. The molecule has 0 bridgehead atoms. The number of nitrogens with zero attached hydrogens (tertiary/aromatic N) is 2. The molecule has 0 saturated carbocycles. The maximum atomic E-state index is 13.3. The second-order valence-electron chi connectivity index (χ2n) is 9.14. The molecule has 5 rings (SSSR count). The van der Waals surface area contributed by atoms with Gasteiger partial charge in [-0.15, -0.1) is 0 Å². The largest absolute Gasteiger partial charge is 0.507 e. The third-order valence-electron chi connectivity index (χ3n) is 6.71. The third kappa shape index (κ3) is 4.58. The van der Waals surface area contributed by atoms with Crippen molar-refractivity contribution in [3.63, 3.8) is 0 Å². The summed E-state index contributed by atoms with van der Waals surface area (Å²) in [5.74, 6) is 0.181. The van der Waals surface area contributed by atoms with E-state index in [-0.39, 0.29) is 18.1 Å². The van der Waals surface area contributed by atoms with Crippen LogP contribution in [0.1, 0.15) is 22.7 Å². The molecule has 190 valence electrons. The zero-order valence-electron chi connectivity index (χ0n) is 20.9. The lowest BCUT2D eigenvalue weighted by atomic mass is 9.94. The highest BCUT2D eigenvalue weighted by atomic mass is 16.7. The minimum absolute atomic E-state index is 0.0520. The summed E-state index contributed by atoms with van der Waals surface area (Å²) in [4.78, 5) is 30.1. The van der Waals surface area contributed by atoms with Gasteiger partial charge in [0, 0.05) is 31.9 Å². The average Bonchev–Trinajstić information content (AvgIpc) is 3.49. The highest BCUT2D eigenvalue weighted by Gasteiger charge is 2.46. The van der Waals surface area contributed by atoms with Crippen molar-refractivity contribution in [2.24, 2.45) is 0 Å². The predicted octanol–water partition coefficient (Wildman–Crippen LogP) is 4.15. The van der Waals surface area contributed by atoms with E-state index in [0.29, 0.717) is 30.0 Å². The minimum atomic E-state index is -0.736. The Morgan fingerprint density at radius 1 is 1.00 bits per heavy atom. The first kappa shape index (κ1) is 24.2. The van der Waals surface area contributed by atoms with Gasteiger partial charge in [-0.2, -0.15) is 0 Å². The summed E-state index contributed by atoms with van der Waals surface area (Å²) in [6, 6.07) is 19.4. The fraction of sp³-hybridized carbons (Fsp3) is 0.241. The standard InChI is InChI=1S/C29H28N2O6/c1-30(2)21-9-6-19(7-10-21)26-25(27(32)20-8-13-23-24(16-20)37-17-36-23)28(33)29(34)31(26)15-14-18-4-11-22(35-3)12-5-18/h4-13,16,26,32H,14-15,17H2,1-3H3/b27-25-. The van der Waals surface area contributed by atoms with Crippen molar-refractivity contribution in [1.82, 2.24) is 4.90 Å². The zero-order chi connectivity index (χ0) is 26.1. The Hall–Kier alpha value is -4.46. The first-order chi connectivity index (χ1) is 17.9. The number of likely N-dealkylation sites (tertiary alicyclic amines) is 1. The molecule has 3 aromatic rings. The topological polar surface area (TPSA) is 88.5 Å². The number of Topliss-reactive ketones (excluding diaryl/α,β-unsaturated/α-hetero) is 1. The Kier molecular flexibility index (Phi) is 6.48. The van der Waals surface area contributed by atoms with Gasteiger partial charge in [0.15, 0.2) is 11.5 Å². The van der Waals surface area contributed by atoms with Crippen LogP contribution in [0.3, 0.4) is 0 Å². The van der Waals surface area contributed by atoms with Crippen LogP contribution in [-0.2, 0) is 16.0 Å². The summed E-state index contributed by atoms with van der Waals surface area (Å²) < 4.78 is 16.0. The van der Waals surface area contributed by atoms with E-state index in [4.69, 9.17) is 14.2 Å². The SMILES string of the molecule is COc1ccc(CCN2C(=O)C(=O)/C(=C(\O)c3ccc4c(c3)OCO4)C2c2ccc(N(C)C)cc2)cc1. The molecule has 2 aliphatic rings. The minimum Gasteiger partial charge on any atom is -0.507 e. The third-order valence-corrected chi connectivity index (χ3v) is 6.71. The van der Waals surface area contributed by atoms with Gasteiger partial charge in [-0.1, -0.05) is 24.3 Å². The van der Waals surface area contributed by atoms with Crippen LogP contribution in [0, 0.1) is 0 Å². The Bertz CT molecular complexity index is 1360. The van der Waals surface area contributed by atoms with Gasteiger partial charge in [0.05, 0.1) is 18.7 Å². The molecule has 37 heavy (non-hydrogen) atoms. The molecule has 1 atom stereocenters. The molecular weight excluding hydrogens is 472 g/mol. The second-order valence-corrected chi connectivity index (χ2v) is 9.14. The lowest BCUT2D eigenvalue weighted by Gasteiger charge is -2.26. The molecule has 1 amide bonds. The van der Waals surface area contributed by atoms with E-state index in [9.17, 15) is 14.7 Å². The number of benzene rings is 3. The van der Waals surface area contributed by atoms with E-state index in [0.717, 1.165) is 22.6 Å². The van der Waals surface area contributed by atoms with Crippen LogP contribution in [0.5, 0.6) is 17.2 Å². The summed E-state index contributed by atoms with van der Waals surface area (Å²) in [6.07, 6.45) is 0.535. The highest BCUT2D eigenvalue weighted by Crippen LogP contribution is 2.41. The van der Waals surface area contributed by atoms with Crippen molar-refractivity contribution >= 4 is 23.1 Å². The monoisotopic (exact) mass is 500 g/mol. The molecule has 1 saturated heterocycles. The summed E-state index contributed by atoms with van der Waals surface area (Å²) in [6.45, 7) is 0.391. The molecule has 8 nitrogen and oxygen atoms in total. The lowest BCUT2D eigenvalue weighted by Crippen LogP contribution is -2.31. The molecule has 1 N–H and O–H groups in total. The van der Waals surface area contributed by atoms with Gasteiger partial charge in [-0.05, 0) is 60.0 Å². The number of rotatable bonds is 7. The number of aliphatic hydroxyl groups is 1. The molecule has 2 heterocycles. The van der Waals surface area contributed by atoms with Crippen molar-refractivity contribution in [2.45, 2.75) is 12.5 Å². The van der Waals surface area contributed by atoms with Crippen LogP contribution in [0.4, 0.5) is 5.69 Å². The van der Waals surface area contributed by atoms with E-state index in [1.165, 1.54) is 4.90 Å². The van der Waals surface area contributed by atoms with Crippen LogP contribution >= 0.6 is 0 Å². The Labute approximate surface area is 215 Å². The summed E-state index contributed by atoms with van der Waals surface area (Å²) in [5.41, 5.74) is 3.15. The molecule has 0 spiro atoms. The van der Waals surface area contributed by atoms with Gasteiger partial charge in [-0.3, -0.25) is 9.59 Å². The fourth-order valence-corrected chi connectivity index (χ4v) is 4.65. The number of ether oxygens (including phenoxy) is 3. The Balaban J connectivity index is 1.54. The number of fused-ring (bicyclic) bond motifs is 1. The molecule has 2 aliphatic heterocycles. The lowest BCUT2D eigenvalue weighted by molar-refractivity contribution is -0.139. The van der Waals surface area contributed by atoms with Crippen molar-refractivity contribution in [3.8, 4) is 17.2 Å². The molecule has 8 heteroatoms. The number of carbonyl (C=O) groups excluding carboxylic acids is 2. The smallest absolute Gasteiger partial charge is 0.295 e. The molecule has 0 aromatic heterocycles. The van der Waals surface area contributed by atoms with E-state index in [1.807, 2.05) is 67.5 Å². The van der Waals surface area contributed by atoms with E-state index >= 15 is 0 Å². The van der Waals surface area contributed by atoms with E-state index in [2.05, 4.69) is 0 Å². The molecule has 1 fully saturated rings. The molecule has 3 aromatic carbocycles. The maximum Gasteiger partial charge on any atom is 0.295 e. The van der Waals surface area contributed by atoms with Gasteiger partial charge in [-0.25, -0.2) is 0 Å². The molecule has 0 aliphatic carbocycles. The number of ketones is 1. The first-order valence-electron chi connectivity index (χ1n) is 12.0. The summed E-state index contributed by atoms with van der Waals surface area (Å²) in [5, 5.41) is 11.3. The van der Waals surface area contributed by atoms with E-state index < -0.39 is 17.7 Å². The zero-order valence-corrected chi connectivity index (χ0v) is 20.9. The van der Waals surface area contributed by atoms with E-state index in [1.54, 1.807) is 25.3 Å². The number of amides is 1. The number of aliphatic hydroxyl groups excluding tert-OH is 1. The number of carbonyl (C=O) groups is 2. The normalized spacial score (nSPS) is 17.8. The summed E-state index contributed by atoms with van der Waals surface area (Å²) >= 11 is 0. The van der Waals surface area contributed by atoms with Crippen molar-refractivity contribution < 1.29 is 28.9 Å². The van der Waals surface area contributed by atoms with Gasteiger partial charge < -0.3 is 29.1 Å². The van der Waals surface area contributed by atoms with Gasteiger partial charge in [0.25, 0.3) is 11.7 Å². The average molecular weight is 501 g/mol. The van der Waals surface area contributed by atoms with Crippen LogP contribution in [0.25, 0.3) is 5.76 Å². The van der Waals surface area contributed by atoms with Gasteiger partial charge >= 0.3 is 0 Å². The Morgan fingerprint density at radius 2 is 1.70 bits per heavy atom. The number of methoxy groups -OCH3 is 1. The highest BCUT2D eigenvalue weighted by molar-refractivity contribution is 6.46. The predicted molar refractivity (Wildman–Crippen MR) is 139 cm³/mol. The van der Waals surface area contributed by atoms with Crippen LogP contribution in [0.2, 0.25) is 0 Å². The van der Waals surface area contributed by atoms with Crippen LogP contribution < -0.4 is 19.1 Å². The second kappa shape index (κ2) is 9.89. The molecular formula is C29H28N2O6. The summed E-state index contributed by atoms with van der Waals surface area (Å²) in [7, 11) is 5.49. The van der Waals surface area contributed by atoms with Gasteiger partial charge in [0.2, 0.25) is 6.79 Å². The van der Waals surface area contributed by atoms with Gasteiger partial charge in [0.1, 0.15) is 11.5 Å². The quantitative estimate of drug-likeness (QED) is 0.296. The first-order valence-corrected chi connectivity index (χ1v) is 12.0. The number of anilines is 1. The van der Waals surface area contributed by atoms with Crippen molar-refractivity contribution in [1.29, 1.82) is 0 Å². The maximum absolute atomic E-state index is 13.3. The van der Waals surface area contributed by atoms with Crippen molar-refractivity contribution in [3.05, 3.63) is 89.0 Å². The Morgan fingerprint density at radius 3 is 2.38 bits per heavy atom. The number of hydrogen-bond donors (Lipinski definition) is 1.